The van der Waals surface area contributed by atoms with Crippen LogP contribution in [0.2, 0.25) is 5.02 Å². The molecule has 1 aliphatic heterocycles. The van der Waals surface area contributed by atoms with Crippen molar-refractivity contribution in [2.45, 2.75) is 13.0 Å². The molecular weight excluding hydrogens is 280 g/mol. The number of piperazine rings is 1. The summed E-state index contributed by atoms with van der Waals surface area (Å²) < 4.78 is 0. The molecule has 0 radical (unpaired) electrons. The van der Waals surface area contributed by atoms with Gasteiger partial charge in [0.1, 0.15) is 6.04 Å². The molecule has 1 heterocycles. The lowest BCUT2D eigenvalue weighted by atomic mass is 10.1. The van der Waals surface area contributed by atoms with E-state index in [1.54, 1.807) is 18.2 Å². The first-order valence-corrected chi connectivity index (χ1v) is 6.62. The van der Waals surface area contributed by atoms with Crippen LogP contribution in [0.3, 0.4) is 0 Å². The van der Waals surface area contributed by atoms with Gasteiger partial charge < -0.3 is 15.3 Å². The fraction of sp³-hybridized carbons (Fsp3) is 0.286. The molecule has 1 unspecified atom stereocenters. The molecule has 1 amide bonds. The molecule has 0 bridgehead atoms. The second-order valence-electron chi connectivity index (χ2n) is 4.54. The molecule has 1 aromatic rings. The zero-order valence-electron chi connectivity index (χ0n) is 11.0. The second-order valence-corrected chi connectivity index (χ2v) is 4.95. The maximum atomic E-state index is 11.7. The van der Waals surface area contributed by atoms with Crippen molar-refractivity contribution >= 4 is 35.2 Å². The number of rotatable bonds is 3. The highest BCUT2D eigenvalue weighted by atomic mass is 35.5. The summed E-state index contributed by atoms with van der Waals surface area (Å²) in [5.41, 5.74) is 1.48. The molecule has 0 saturated carbocycles. The maximum Gasteiger partial charge on any atom is 0.328 e. The zero-order valence-corrected chi connectivity index (χ0v) is 11.7. The number of halogens is 1. The van der Waals surface area contributed by atoms with Gasteiger partial charge in [-0.2, -0.15) is 0 Å². The van der Waals surface area contributed by atoms with Gasteiger partial charge in [0.05, 0.1) is 10.7 Å². The van der Waals surface area contributed by atoms with Crippen LogP contribution in [0, 0.1) is 0 Å². The predicted octanol–water partition coefficient (Wildman–Crippen LogP) is 1.76. The smallest absolute Gasteiger partial charge is 0.328 e. The van der Waals surface area contributed by atoms with E-state index in [4.69, 9.17) is 16.7 Å². The number of hydrogen-bond acceptors (Lipinski definition) is 3. The van der Waals surface area contributed by atoms with Crippen LogP contribution in [0.1, 0.15) is 12.5 Å². The Balaban J connectivity index is 2.25. The SMILES string of the molecule is CC1C(=O)NCCN1c1ccc(/C=C/C(=O)O)cc1Cl. The maximum absolute atomic E-state index is 11.7. The van der Waals surface area contributed by atoms with Gasteiger partial charge in [0, 0.05) is 19.2 Å². The van der Waals surface area contributed by atoms with Gasteiger partial charge >= 0.3 is 5.97 Å². The van der Waals surface area contributed by atoms with Crippen molar-refractivity contribution in [2.75, 3.05) is 18.0 Å². The van der Waals surface area contributed by atoms with Crippen molar-refractivity contribution in [2.24, 2.45) is 0 Å². The first kappa shape index (κ1) is 14.4. The van der Waals surface area contributed by atoms with Gasteiger partial charge in [0.2, 0.25) is 5.91 Å². The Labute approximate surface area is 121 Å². The molecule has 1 saturated heterocycles. The average molecular weight is 295 g/mol. The summed E-state index contributed by atoms with van der Waals surface area (Å²) >= 11 is 6.24. The zero-order chi connectivity index (χ0) is 14.7. The fourth-order valence-corrected chi connectivity index (χ4v) is 2.44. The summed E-state index contributed by atoms with van der Waals surface area (Å²) in [7, 11) is 0. The lowest BCUT2D eigenvalue weighted by Crippen LogP contribution is -2.54. The normalized spacial score (nSPS) is 19.2. The summed E-state index contributed by atoms with van der Waals surface area (Å²) in [6.45, 7) is 3.10. The van der Waals surface area contributed by atoms with E-state index in [2.05, 4.69) is 5.32 Å². The van der Waals surface area contributed by atoms with Gasteiger partial charge in [-0.05, 0) is 30.7 Å². The van der Waals surface area contributed by atoms with Crippen molar-refractivity contribution in [1.82, 2.24) is 5.32 Å². The fourth-order valence-electron chi connectivity index (χ4n) is 2.14. The van der Waals surface area contributed by atoms with Gasteiger partial charge in [-0.1, -0.05) is 17.7 Å². The number of hydrogen-bond donors (Lipinski definition) is 2. The monoisotopic (exact) mass is 294 g/mol. The summed E-state index contributed by atoms with van der Waals surface area (Å²) in [5, 5.41) is 11.9. The van der Waals surface area contributed by atoms with Crippen LogP contribution in [0.5, 0.6) is 0 Å². The number of aliphatic carboxylic acids is 1. The first-order valence-electron chi connectivity index (χ1n) is 6.24. The van der Waals surface area contributed by atoms with E-state index in [1.807, 2.05) is 11.8 Å². The number of carbonyl (C=O) groups is 2. The average Bonchev–Trinajstić information content (AvgIpc) is 2.40. The molecule has 5 nitrogen and oxygen atoms in total. The van der Waals surface area contributed by atoms with Crippen LogP contribution >= 0.6 is 11.6 Å². The van der Waals surface area contributed by atoms with E-state index in [0.717, 1.165) is 11.8 Å². The highest BCUT2D eigenvalue weighted by Crippen LogP contribution is 2.29. The van der Waals surface area contributed by atoms with Crippen molar-refractivity contribution in [1.29, 1.82) is 0 Å². The van der Waals surface area contributed by atoms with Crippen molar-refractivity contribution in [3.63, 3.8) is 0 Å². The number of carboxylic acid groups (broad SMARTS) is 1. The van der Waals surface area contributed by atoms with E-state index in [0.29, 0.717) is 23.7 Å². The van der Waals surface area contributed by atoms with Crippen LogP contribution in [0.25, 0.3) is 6.08 Å². The molecule has 2 rings (SSSR count). The largest absolute Gasteiger partial charge is 0.478 e. The van der Waals surface area contributed by atoms with Crippen LogP contribution in [-0.2, 0) is 9.59 Å². The van der Waals surface area contributed by atoms with E-state index < -0.39 is 5.97 Å². The minimum atomic E-state index is -1.01. The summed E-state index contributed by atoms with van der Waals surface area (Å²) in [4.78, 5) is 24.1. The highest BCUT2D eigenvalue weighted by Gasteiger charge is 2.26. The summed E-state index contributed by atoms with van der Waals surface area (Å²) in [5.74, 6) is -1.03. The first-order chi connectivity index (χ1) is 9.49. The number of nitrogens with zero attached hydrogens (tertiary/aromatic N) is 1. The predicted molar refractivity (Wildman–Crippen MR) is 77.9 cm³/mol. The molecule has 1 aromatic carbocycles. The molecule has 1 aliphatic rings. The number of amides is 1. The van der Waals surface area contributed by atoms with Gasteiger partial charge in [0.15, 0.2) is 0 Å². The molecule has 20 heavy (non-hydrogen) atoms. The van der Waals surface area contributed by atoms with Crippen LogP contribution in [0.15, 0.2) is 24.3 Å². The van der Waals surface area contributed by atoms with E-state index >= 15 is 0 Å². The molecule has 0 aliphatic carbocycles. The van der Waals surface area contributed by atoms with E-state index in [1.165, 1.54) is 6.08 Å². The lowest BCUT2D eigenvalue weighted by Gasteiger charge is -2.35. The van der Waals surface area contributed by atoms with Gasteiger partial charge in [-0.25, -0.2) is 4.79 Å². The summed E-state index contributed by atoms with van der Waals surface area (Å²) in [6, 6.07) is 5.00. The Hall–Kier alpha value is -2.01. The number of benzene rings is 1. The van der Waals surface area contributed by atoms with Gasteiger partial charge in [-0.3, -0.25) is 4.79 Å². The lowest BCUT2D eigenvalue weighted by molar-refractivity contribution is -0.131. The third-order valence-electron chi connectivity index (χ3n) is 3.20. The molecule has 0 aromatic heterocycles. The van der Waals surface area contributed by atoms with Crippen molar-refractivity contribution in [3.8, 4) is 0 Å². The molecule has 106 valence electrons. The van der Waals surface area contributed by atoms with E-state index in [-0.39, 0.29) is 11.9 Å². The number of anilines is 1. The Morgan fingerprint density at radius 1 is 1.55 bits per heavy atom. The second kappa shape index (κ2) is 5.96. The van der Waals surface area contributed by atoms with Crippen LogP contribution in [0.4, 0.5) is 5.69 Å². The molecule has 6 heteroatoms. The van der Waals surface area contributed by atoms with Gasteiger partial charge in [0.25, 0.3) is 0 Å². The van der Waals surface area contributed by atoms with E-state index in [9.17, 15) is 9.59 Å². The summed E-state index contributed by atoms with van der Waals surface area (Å²) in [6.07, 6.45) is 2.53. The minimum absolute atomic E-state index is 0.0258. The third-order valence-corrected chi connectivity index (χ3v) is 3.50. The third kappa shape index (κ3) is 3.11. The van der Waals surface area contributed by atoms with Crippen LogP contribution < -0.4 is 10.2 Å². The van der Waals surface area contributed by atoms with Crippen molar-refractivity contribution in [3.05, 3.63) is 34.9 Å². The van der Waals surface area contributed by atoms with Crippen molar-refractivity contribution < 1.29 is 14.7 Å². The quantitative estimate of drug-likeness (QED) is 0.834. The van der Waals surface area contributed by atoms with Gasteiger partial charge in [-0.15, -0.1) is 0 Å². The Morgan fingerprint density at radius 2 is 2.30 bits per heavy atom. The molecule has 0 spiro atoms. The molecule has 2 N–H and O–H groups in total. The molecular formula is C14H15ClN2O3. The number of carbonyl (C=O) groups excluding carboxylic acids is 1. The number of carboxylic acids is 1. The topological polar surface area (TPSA) is 69.6 Å². The molecule has 1 fully saturated rings. The Morgan fingerprint density at radius 3 is 2.95 bits per heavy atom. The Bertz CT molecular complexity index is 572. The standard InChI is InChI=1S/C14H15ClN2O3/c1-9-14(20)16-6-7-17(9)12-4-2-10(8-11(12)15)3-5-13(18)19/h2-5,8-9H,6-7H2,1H3,(H,16,20)(H,18,19)/b5-3+. The Kier molecular flexibility index (Phi) is 4.29. The number of nitrogens with one attached hydrogen (secondary N) is 1. The molecule has 1 atom stereocenters. The minimum Gasteiger partial charge on any atom is -0.478 e. The van der Waals surface area contributed by atoms with Crippen LogP contribution in [-0.4, -0.2) is 36.1 Å². The highest BCUT2D eigenvalue weighted by molar-refractivity contribution is 6.33.